The Morgan fingerprint density at radius 3 is 2.28 bits per heavy atom. The number of aromatic nitrogens is 1. The van der Waals surface area contributed by atoms with Crippen LogP contribution in [0.4, 0.5) is 10.5 Å². The van der Waals surface area contributed by atoms with E-state index in [0.29, 0.717) is 26.2 Å². The average molecular weight is 549 g/mol. The number of hydrogen-bond acceptors (Lipinski definition) is 10. The zero-order chi connectivity index (χ0) is 28.5. The summed E-state index contributed by atoms with van der Waals surface area (Å²) < 4.78 is 9.28. The fourth-order valence-corrected chi connectivity index (χ4v) is 4.54. The molecule has 15 nitrogen and oxygen atoms in total. The number of alkyl carbamates (subject to hydrolysis) is 1. The smallest absolute Gasteiger partial charge is 0.407 e. The molecular formula is C24H32N6O9. The Morgan fingerprint density at radius 2 is 1.69 bits per heavy atom. The van der Waals surface area contributed by atoms with Crippen LogP contribution in [0.15, 0.2) is 24.5 Å². The number of hydrogen-bond donors (Lipinski definition) is 2. The monoisotopic (exact) mass is 548 g/mol. The summed E-state index contributed by atoms with van der Waals surface area (Å²) >= 11 is 0. The fourth-order valence-electron chi connectivity index (χ4n) is 4.54. The van der Waals surface area contributed by atoms with Gasteiger partial charge in [0.15, 0.2) is 0 Å². The summed E-state index contributed by atoms with van der Waals surface area (Å²) in [5.41, 5.74) is 0.973. The summed E-state index contributed by atoms with van der Waals surface area (Å²) in [5.74, 6) is -3.96. The number of esters is 1. The molecule has 39 heavy (non-hydrogen) atoms. The molecule has 0 aliphatic carbocycles. The lowest BCUT2D eigenvalue weighted by Crippen LogP contribution is -2.63. The fraction of sp³-hybridized carbons (Fsp3) is 0.542. The summed E-state index contributed by atoms with van der Waals surface area (Å²) in [5, 5.41) is 11.5. The summed E-state index contributed by atoms with van der Waals surface area (Å²) in [6.45, 7) is 1.06. The molecule has 2 atom stereocenters. The maximum absolute atomic E-state index is 13.6. The van der Waals surface area contributed by atoms with Gasteiger partial charge >= 0.3 is 18.0 Å². The first kappa shape index (κ1) is 29.1. The average Bonchev–Trinajstić information content (AvgIpc) is 2.94. The number of carbonyl (C=O) groups is 6. The van der Waals surface area contributed by atoms with Crippen molar-refractivity contribution in [3.63, 3.8) is 0 Å². The number of rotatable bonds is 9. The van der Waals surface area contributed by atoms with Crippen molar-refractivity contribution in [3.8, 4) is 0 Å². The van der Waals surface area contributed by atoms with Gasteiger partial charge in [-0.3, -0.25) is 29.0 Å². The Balaban J connectivity index is 1.73. The van der Waals surface area contributed by atoms with Crippen LogP contribution in [0.2, 0.25) is 0 Å². The van der Waals surface area contributed by atoms with Gasteiger partial charge in [-0.15, -0.1) is 0 Å². The molecule has 2 fully saturated rings. The molecule has 0 unspecified atom stereocenters. The van der Waals surface area contributed by atoms with Gasteiger partial charge in [0.1, 0.15) is 18.6 Å². The zero-order valence-corrected chi connectivity index (χ0v) is 21.8. The van der Waals surface area contributed by atoms with Crippen LogP contribution < -0.4 is 10.2 Å². The quantitative estimate of drug-likeness (QED) is 0.344. The number of nitrogens with one attached hydrogen (secondary N) is 1. The lowest BCUT2D eigenvalue weighted by molar-refractivity contribution is -0.159. The van der Waals surface area contributed by atoms with Crippen LogP contribution in [0.25, 0.3) is 0 Å². The Bertz CT molecular complexity index is 1080. The van der Waals surface area contributed by atoms with Crippen LogP contribution in [0, 0.1) is 0 Å². The lowest BCUT2D eigenvalue weighted by Gasteiger charge is -2.41. The summed E-state index contributed by atoms with van der Waals surface area (Å²) in [7, 11) is 2.22. The number of pyridine rings is 1. The molecule has 0 spiro atoms. The van der Waals surface area contributed by atoms with Crippen molar-refractivity contribution in [1.29, 1.82) is 0 Å². The number of nitrogens with zero attached hydrogens (tertiary/aromatic N) is 5. The molecule has 4 amide bonds. The molecule has 15 heteroatoms. The molecule has 2 aliphatic rings. The number of carboxylic acid groups (broad SMARTS) is 1. The van der Waals surface area contributed by atoms with Crippen molar-refractivity contribution in [2.75, 3.05) is 64.9 Å². The molecule has 0 bridgehead atoms. The van der Waals surface area contributed by atoms with Crippen LogP contribution in [0.1, 0.15) is 12.8 Å². The molecule has 3 rings (SSSR count). The third-order valence-corrected chi connectivity index (χ3v) is 6.60. The number of piperazine rings is 2. The van der Waals surface area contributed by atoms with Crippen molar-refractivity contribution in [2.45, 2.75) is 24.9 Å². The molecule has 2 N–H and O–H groups in total. The van der Waals surface area contributed by atoms with Crippen molar-refractivity contribution in [2.24, 2.45) is 0 Å². The van der Waals surface area contributed by atoms with Crippen LogP contribution in [0.5, 0.6) is 0 Å². The first-order valence-electron chi connectivity index (χ1n) is 12.3. The minimum absolute atomic E-state index is 0.107. The van der Waals surface area contributed by atoms with E-state index in [2.05, 4.69) is 24.7 Å². The van der Waals surface area contributed by atoms with Crippen LogP contribution >= 0.6 is 0 Å². The van der Waals surface area contributed by atoms with E-state index < -0.39 is 61.3 Å². The standard InChI is InChI=1S/C24H32N6O9/c1-38-21(34)14-18-23(36)29(15-20(32)33)11-12-30(18)22(35)17(26-24(37)39-2)13-19(31)28-9-7-27(8-10-28)16-3-5-25-6-4-16/h3-6,17-18H,7-15H2,1-2H3,(H,26,37)(H,32,33)/t17-,18+/m0/s1. The van der Waals surface area contributed by atoms with Gasteiger partial charge in [0.05, 0.1) is 27.1 Å². The maximum Gasteiger partial charge on any atom is 0.407 e. The van der Waals surface area contributed by atoms with Crippen molar-refractivity contribution in [1.82, 2.24) is 25.0 Å². The number of methoxy groups -OCH3 is 2. The molecule has 212 valence electrons. The molecule has 0 aromatic carbocycles. The third kappa shape index (κ3) is 7.55. The summed E-state index contributed by atoms with van der Waals surface area (Å²) in [6, 6.07) is 0.991. The predicted octanol–water partition coefficient (Wildman–Crippen LogP) is -1.47. The van der Waals surface area contributed by atoms with E-state index in [1.807, 2.05) is 12.1 Å². The number of amides is 4. The van der Waals surface area contributed by atoms with Gasteiger partial charge in [0, 0.05) is 57.3 Å². The Hall–Kier alpha value is -4.43. The minimum atomic E-state index is -1.39. The highest BCUT2D eigenvalue weighted by Gasteiger charge is 2.42. The van der Waals surface area contributed by atoms with E-state index in [1.165, 1.54) is 0 Å². The predicted molar refractivity (Wildman–Crippen MR) is 133 cm³/mol. The molecule has 2 aliphatic heterocycles. The second-order valence-corrected chi connectivity index (χ2v) is 8.95. The largest absolute Gasteiger partial charge is 0.480 e. The van der Waals surface area contributed by atoms with E-state index in [1.54, 1.807) is 17.3 Å². The van der Waals surface area contributed by atoms with Gasteiger partial charge in [0.25, 0.3) is 0 Å². The van der Waals surface area contributed by atoms with Gasteiger partial charge < -0.3 is 39.5 Å². The number of ether oxygens (including phenoxy) is 2. The normalized spacial score (nSPS) is 18.3. The molecule has 1 aromatic heterocycles. The van der Waals surface area contributed by atoms with Gasteiger partial charge in [-0.1, -0.05) is 0 Å². The number of carboxylic acids is 1. The number of aliphatic carboxylic acids is 1. The Labute approximate surface area is 224 Å². The highest BCUT2D eigenvalue weighted by Crippen LogP contribution is 2.19. The van der Waals surface area contributed by atoms with Crippen LogP contribution in [-0.2, 0) is 33.4 Å². The van der Waals surface area contributed by atoms with Crippen LogP contribution in [-0.4, -0.2) is 133 Å². The summed E-state index contributed by atoms with van der Waals surface area (Å²) in [6.07, 6.45) is 1.48. The van der Waals surface area contributed by atoms with Crippen LogP contribution in [0.3, 0.4) is 0 Å². The second-order valence-electron chi connectivity index (χ2n) is 8.95. The first-order chi connectivity index (χ1) is 18.6. The molecule has 0 saturated carbocycles. The van der Waals surface area contributed by atoms with E-state index in [-0.39, 0.29) is 19.0 Å². The number of carbonyl (C=O) groups excluding carboxylic acids is 5. The number of anilines is 1. The van der Waals surface area contributed by atoms with Gasteiger partial charge in [0.2, 0.25) is 17.7 Å². The molecule has 2 saturated heterocycles. The minimum Gasteiger partial charge on any atom is -0.480 e. The van der Waals surface area contributed by atoms with Gasteiger partial charge in [-0.25, -0.2) is 4.79 Å². The SMILES string of the molecule is COC(=O)C[C@@H]1C(=O)N(CC(=O)O)CCN1C(=O)[C@H](CC(=O)N1CCN(c2ccncc2)CC1)NC(=O)OC. The van der Waals surface area contributed by atoms with E-state index in [9.17, 15) is 28.8 Å². The molecular weight excluding hydrogens is 516 g/mol. The summed E-state index contributed by atoms with van der Waals surface area (Å²) in [4.78, 5) is 84.8. The first-order valence-corrected chi connectivity index (χ1v) is 12.3. The zero-order valence-electron chi connectivity index (χ0n) is 21.8. The third-order valence-electron chi connectivity index (χ3n) is 6.60. The van der Waals surface area contributed by atoms with Crippen molar-refractivity contribution >= 4 is 41.4 Å². The van der Waals surface area contributed by atoms with E-state index in [0.717, 1.165) is 29.7 Å². The van der Waals surface area contributed by atoms with E-state index >= 15 is 0 Å². The van der Waals surface area contributed by atoms with Crippen molar-refractivity contribution in [3.05, 3.63) is 24.5 Å². The highest BCUT2D eigenvalue weighted by atomic mass is 16.5. The molecule has 3 heterocycles. The second kappa shape index (κ2) is 13.4. The van der Waals surface area contributed by atoms with Gasteiger partial charge in [-0.2, -0.15) is 0 Å². The highest BCUT2D eigenvalue weighted by molar-refractivity contribution is 5.97. The molecule has 0 radical (unpaired) electrons. The lowest BCUT2D eigenvalue weighted by atomic mass is 10.0. The van der Waals surface area contributed by atoms with Gasteiger partial charge in [-0.05, 0) is 12.1 Å². The maximum atomic E-state index is 13.6. The molecule has 1 aromatic rings. The topological polar surface area (TPSA) is 179 Å². The van der Waals surface area contributed by atoms with Crippen molar-refractivity contribution < 1.29 is 43.3 Å². The Morgan fingerprint density at radius 1 is 1.03 bits per heavy atom. The van der Waals surface area contributed by atoms with E-state index in [4.69, 9.17) is 5.11 Å². The Kier molecular flexibility index (Phi) is 10.0.